The van der Waals surface area contributed by atoms with E-state index in [1.54, 1.807) is 0 Å². The number of rotatable bonds is 7. The van der Waals surface area contributed by atoms with Gasteiger partial charge in [-0.05, 0) is 30.0 Å². The molecule has 1 fully saturated rings. The number of carbonyl (C=O) groups is 2. The van der Waals surface area contributed by atoms with Gasteiger partial charge < -0.3 is 9.80 Å². The van der Waals surface area contributed by atoms with Crippen LogP contribution in [0.3, 0.4) is 0 Å². The van der Waals surface area contributed by atoms with E-state index in [-0.39, 0.29) is 11.7 Å². The predicted octanol–water partition coefficient (Wildman–Crippen LogP) is 3.61. The van der Waals surface area contributed by atoms with Crippen LogP contribution in [0.1, 0.15) is 57.9 Å². The Labute approximate surface area is 145 Å². The molecule has 0 bridgehead atoms. The number of amides is 1. The Morgan fingerprint density at radius 1 is 1.00 bits per heavy atom. The molecular formula is C20H30N2O2. The van der Waals surface area contributed by atoms with Crippen LogP contribution in [-0.2, 0) is 9.59 Å². The molecule has 0 unspecified atom stereocenters. The summed E-state index contributed by atoms with van der Waals surface area (Å²) in [5.41, 5.74) is 2.59. The molecule has 4 heteroatoms. The maximum absolute atomic E-state index is 12.2. The first-order valence-electron chi connectivity index (χ1n) is 9.15. The number of nitrogens with zero attached hydrogens (tertiary/aromatic N) is 2. The third kappa shape index (κ3) is 5.08. The maximum atomic E-state index is 12.2. The van der Waals surface area contributed by atoms with Crippen LogP contribution in [0.25, 0.3) is 0 Å². The molecule has 1 aromatic carbocycles. The lowest BCUT2D eigenvalue weighted by atomic mass is 10.0. The smallest absolute Gasteiger partial charge is 0.222 e. The fourth-order valence-electron chi connectivity index (χ4n) is 3.06. The summed E-state index contributed by atoms with van der Waals surface area (Å²) in [6.45, 7) is 9.57. The summed E-state index contributed by atoms with van der Waals surface area (Å²) >= 11 is 0. The number of anilines is 1. The van der Waals surface area contributed by atoms with Gasteiger partial charge in [0, 0.05) is 51.1 Å². The van der Waals surface area contributed by atoms with E-state index in [0.29, 0.717) is 31.6 Å². The Hall–Kier alpha value is -1.84. The molecule has 1 aliphatic rings. The van der Waals surface area contributed by atoms with Crippen LogP contribution in [0, 0.1) is 0 Å². The van der Waals surface area contributed by atoms with Gasteiger partial charge in [-0.15, -0.1) is 0 Å². The second kappa shape index (κ2) is 8.86. The molecular weight excluding hydrogens is 300 g/mol. The normalized spacial score (nSPS) is 15.0. The van der Waals surface area contributed by atoms with Gasteiger partial charge in [0.25, 0.3) is 0 Å². The molecule has 132 valence electrons. The minimum atomic E-state index is 0.189. The first-order valence-corrected chi connectivity index (χ1v) is 9.15. The van der Waals surface area contributed by atoms with Gasteiger partial charge >= 0.3 is 0 Å². The Morgan fingerprint density at radius 3 is 2.17 bits per heavy atom. The molecule has 0 radical (unpaired) electrons. The van der Waals surface area contributed by atoms with Gasteiger partial charge in [-0.1, -0.05) is 32.9 Å². The van der Waals surface area contributed by atoms with Crippen molar-refractivity contribution in [3.8, 4) is 0 Å². The van der Waals surface area contributed by atoms with E-state index in [4.69, 9.17) is 0 Å². The lowest BCUT2D eigenvalue weighted by Gasteiger charge is -2.36. The Morgan fingerprint density at radius 2 is 1.62 bits per heavy atom. The Kier molecular flexibility index (Phi) is 6.83. The van der Waals surface area contributed by atoms with Gasteiger partial charge in [0.2, 0.25) is 5.91 Å². The lowest BCUT2D eigenvalue weighted by molar-refractivity contribution is -0.131. The largest absolute Gasteiger partial charge is 0.368 e. The third-order valence-corrected chi connectivity index (χ3v) is 4.80. The van der Waals surface area contributed by atoms with Crippen molar-refractivity contribution in [3.63, 3.8) is 0 Å². The highest BCUT2D eigenvalue weighted by molar-refractivity contribution is 5.80. The summed E-state index contributed by atoms with van der Waals surface area (Å²) < 4.78 is 0. The fraction of sp³-hybridized carbons (Fsp3) is 0.600. The third-order valence-electron chi connectivity index (χ3n) is 4.80. The van der Waals surface area contributed by atoms with Gasteiger partial charge in [-0.25, -0.2) is 0 Å². The van der Waals surface area contributed by atoms with E-state index in [9.17, 15) is 9.59 Å². The fourth-order valence-corrected chi connectivity index (χ4v) is 3.06. The molecule has 0 N–H and O–H groups in total. The Balaban J connectivity index is 1.78. The van der Waals surface area contributed by atoms with Crippen molar-refractivity contribution in [1.29, 1.82) is 0 Å². The SMILES string of the molecule is CCC(=O)CCCC(=O)N1CCN(c2ccc(C(C)C)cc2)CC1. The van der Waals surface area contributed by atoms with Gasteiger partial charge in [0.1, 0.15) is 5.78 Å². The number of hydrogen-bond donors (Lipinski definition) is 0. The van der Waals surface area contributed by atoms with Crippen LogP contribution in [0.15, 0.2) is 24.3 Å². The topological polar surface area (TPSA) is 40.6 Å². The minimum absolute atomic E-state index is 0.189. The maximum Gasteiger partial charge on any atom is 0.222 e. The summed E-state index contributed by atoms with van der Waals surface area (Å²) in [5.74, 6) is 0.985. The first-order chi connectivity index (χ1) is 11.5. The summed E-state index contributed by atoms with van der Waals surface area (Å²) in [5, 5.41) is 0. The van der Waals surface area contributed by atoms with Crippen LogP contribution >= 0.6 is 0 Å². The van der Waals surface area contributed by atoms with E-state index < -0.39 is 0 Å². The Bertz CT molecular complexity index is 543. The monoisotopic (exact) mass is 330 g/mol. The quantitative estimate of drug-likeness (QED) is 0.767. The van der Waals surface area contributed by atoms with Crippen molar-refractivity contribution < 1.29 is 9.59 Å². The molecule has 1 aromatic rings. The molecule has 0 aromatic heterocycles. The van der Waals surface area contributed by atoms with Gasteiger partial charge in [0.05, 0.1) is 0 Å². The average molecular weight is 330 g/mol. The first kappa shape index (κ1) is 18.5. The van der Waals surface area contributed by atoms with Crippen molar-refractivity contribution in [2.45, 2.75) is 52.4 Å². The number of ketones is 1. The van der Waals surface area contributed by atoms with Gasteiger partial charge in [0.15, 0.2) is 0 Å². The van der Waals surface area contributed by atoms with E-state index >= 15 is 0 Å². The highest BCUT2D eigenvalue weighted by Gasteiger charge is 2.21. The molecule has 0 saturated carbocycles. The number of piperazine rings is 1. The zero-order chi connectivity index (χ0) is 17.5. The standard InChI is InChI=1S/C20H30N2O2/c1-4-19(23)6-5-7-20(24)22-14-12-21(13-15-22)18-10-8-17(9-11-18)16(2)3/h8-11,16H,4-7,12-15H2,1-3H3. The molecule has 0 aliphatic carbocycles. The summed E-state index contributed by atoms with van der Waals surface area (Å²) in [7, 11) is 0. The number of benzene rings is 1. The van der Waals surface area contributed by atoms with Crippen molar-refractivity contribution in [3.05, 3.63) is 29.8 Å². The molecule has 1 saturated heterocycles. The summed E-state index contributed by atoms with van der Waals surface area (Å²) in [6.07, 6.45) is 2.28. The molecule has 24 heavy (non-hydrogen) atoms. The van der Waals surface area contributed by atoms with Crippen molar-refractivity contribution in [1.82, 2.24) is 4.90 Å². The molecule has 0 spiro atoms. The number of Topliss-reactive ketones (excluding diaryl/α,β-unsaturated/α-hetero) is 1. The highest BCUT2D eigenvalue weighted by Crippen LogP contribution is 2.21. The zero-order valence-electron chi connectivity index (χ0n) is 15.3. The second-order valence-corrected chi connectivity index (χ2v) is 6.86. The highest BCUT2D eigenvalue weighted by atomic mass is 16.2. The van der Waals surface area contributed by atoms with Crippen molar-refractivity contribution in [2.75, 3.05) is 31.1 Å². The number of carbonyl (C=O) groups excluding carboxylic acids is 2. The van der Waals surface area contributed by atoms with E-state index in [0.717, 1.165) is 26.2 Å². The zero-order valence-corrected chi connectivity index (χ0v) is 15.3. The van der Waals surface area contributed by atoms with Gasteiger partial charge in [-0.2, -0.15) is 0 Å². The molecule has 2 rings (SSSR count). The second-order valence-electron chi connectivity index (χ2n) is 6.86. The van der Waals surface area contributed by atoms with E-state index in [2.05, 4.69) is 43.0 Å². The van der Waals surface area contributed by atoms with Gasteiger partial charge in [-0.3, -0.25) is 9.59 Å². The lowest BCUT2D eigenvalue weighted by Crippen LogP contribution is -2.48. The summed E-state index contributed by atoms with van der Waals surface area (Å²) in [6, 6.07) is 8.76. The molecule has 0 atom stereocenters. The average Bonchev–Trinajstić information content (AvgIpc) is 2.61. The molecule has 1 aliphatic heterocycles. The summed E-state index contributed by atoms with van der Waals surface area (Å²) in [4.78, 5) is 27.8. The van der Waals surface area contributed by atoms with Crippen molar-refractivity contribution >= 4 is 17.4 Å². The minimum Gasteiger partial charge on any atom is -0.368 e. The van der Waals surface area contributed by atoms with Crippen LogP contribution in [0.2, 0.25) is 0 Å². The number of hydrogen-bond acceptors (Lipinski definition) is 3. The van der Waals surface area contributed by atoms with E-state index in [1.165, 1.54) is 11.3 Å². The van der Waals surface area contributed by atoms with Crippen LogP contribution < -0.4 is 4.90 Å². The molecule has 1 heterocycles. The van der Waals surface area contributed by atoms with Crippen LogP contribution in [-0.4, -0.2) is 42.8 Å². The van der Waals surface area contributed by atoms with Crippen LogP contribution in [0.4, 0.5) is 5.69 Å². The predicted molar refractivity (Wildman–Crippen MR) is 98.5 cm³/mol. The van der Waals surface area contributed by atoms with Crippen molar-refractivity contribution in [2.24, 2.45) is 0 Å². The van der Waals surface area contributed by atoms with Crippen LogP contribution in [0.5, 0.6) is 0 Å². The van der Waals surface area contributed by atoms with E-state index in [1.807, 2.05) is 11.8 Å². The molecule has 1 amide bonds. The molecule has 4 nitrogen and oxygen atoms in total.